The van der Waals surface area contributed by atoms with E-state index in [1.807, 2.05) is 51.1 Å². The first-order valence-corrected chi connectivity index (χ1v) is 8.41. The number of anilines is 1. The van der Waals surface area contributed by atoms with E-state index in [2.05, 4.69) is 5.32 Å². The second-order valence-electron chi connectivity index (χ2n) is 5.37. The van der Waals surface area contributed by atoms with Gasteiger partial charge in [-0.3, -0.25) is 4.57 Å². The fourth-order valence-corrected chi connectivity index (χ4v) is 3.34. The van der Waals surface area contributed by atoms with Gasteiger partial charge in [0.05, 0.1) is 0 Å². The van der Waals surface area contributed by atoms with Gasteiger partial charge < -0.3 is 15.1 Å². The molecule has 1 atom stereocenters. The van der Waals surface area contributed by atoms with Crippen LogP contribution in [0.1, 0.15) is 28.0 Å². The second-order valence-corrected chi connectivity index (χ2v) is 7.06. The highest BCUT2D eigenvalue weighted by Gasteiger charge is 2.31. The van der Waals surface area contributed by atoms with Crippen LogP contribution in [-0.4, -0.2) is 9.79 Å². The molecule has 2 aromatic rings. The quantitative estimate of drug-likeness (QED) is 0.749. The van der Waals surface area contributed by atoms with E-state index >= 15 is 0 Å². The molecule has 0 heterocycles. The van der Waals surface area contributed by atoms with Gasteiger partial charge in [-0.1, -0.05) is 35.9 Å². The zero-order chi connectivity index (χ0) is 15.6. The van der Waals surface area contributed by atoms with Crippen molar-refractivity contribution in [3.63, 3.8) is 0 Å². The Labute approximate surface area is 125 Å². The lowest BCUT2D eigenvalue weighted by Gasteiger charge is -2.23. The predicted molar refractivity (Wildman–Crippen MR) is 85.5 cm³/mol. The fraction of sp³-hybridized carbons (Fsp3) is 0.250. The lowest BCUT2D eigenvalue weighted by atomic mass is 10.1. The van der Waals surface area contributed by atoms with Gasteiger partial charge in [0.1, 0.15) is 0 Å². The van der Waals surface area contributed by atoms with E-state index in [0.29, 0.717) is 11.3 Å². The van der Waals surface area contributed by atoms with Gasteiger partial charge in [-0.05, 0) is 49.6 Å². The minimum atomic E-state index is -4.33. The largest absolute Gasteiger partial charge is 0.368 e. The van der Waals surface area contributed by atoms with E-state index in [9.17, 15) is 14.4 Å². The average Bonchev–Trinajstić information content (AvgIpc) is 2.35. The molecule has 4 nitrogen and oxygen atoms in total. The van der Waals surface area contributed by atoms with Gasteiger partial charge in [-0.15, -0.1) is 0 Å². The third kappa shape index (κ3) is 3.94. The molecule has 0 radical (unpaired) electrons. The van der Waals surface area contributed by atoms with Gasteiger partial charge in [-0.2, -0.15) is 0 Å². The third-order valence-electron chi connectivity index (χ3n) is 3.38. The van der Waals surface area contributed by atoms with Crippen molar-refractivity contribution in [3.8, 4) is 0 Å². The summed E-state index contributed by atoms with van der Waals surface area (Å²) in [5.41, 5.74) is 4.28. The number of nitrogens with one attached hydrogen (secondary N) is 1. The molecule has 2 aromatic carbocycles. The van der Waals surface area contributed by atoms with Crippen LogP contribution in [-0.2, 0) is 4.57 Å². The van der Waals surface area contributed by atoms with Gasteiger partial charge in [0.15, 0.2) is 5.78 Å². The van der Waals surface area contributed by atoms with E-state index in [0.717, 1.165) is 16.7 Å². The summed E-state index contributed by atoms with van der Waals surface area (Å²) in [7, 11) is -4.33. The van der Waals surface area contributed by atoms with Crippen molar-refractivity contribution in [1.29, 1.82) is 0 Å². The summed E-state index contributed by atoms with van der Waals surface area (Å²) >= 11 is 0. The Morgan fingerprint density at radius 1 is 1.00 bits per heavy atom. The molecule has 0 aliphatic carbocycles. The first-order valence-electron chi connectivity index (χ1n) is 6.73. The maximum absolute atomic E-state index is 11.9. The summed E-state index contributed by atoms with van der Waals surface area (Å²) in [6.45, 7) is 5.76. The summed E-state index contributed by atoms with van der Waals surface area (Å²) < 4.78 is 11.9. The van der Waals surface area contributed by atoms with Crippen molar-refractivity contribution in [2.24, 2.45) is 0 Å². The fourth-order valence-electron chi connectivity index (χ4n) is 2.37. The molecule has 0 aromatic heterocycles. The van der Waals surface area contributed by atoms with Crippen LogP contribution in [0.15, 0.2) is 42.5 Å². The van der Waals surface area contributed by atoms with Crippen LogP contribution in [0.3, 0.4) is 0 Å². The average molecular weight is 305 g/mol. The molecule has 0 spiro atoms. The molecule has 5 heteroatoms. The lowest BCUT2D eigenvalue weighted by molar-refractivity contribution is 0.363. The third-order valence-corrected chi connectivity index (χ3v) is 4.46. The first-order chi connectivity index (χ1) is 9.77. The summed E-state index contributed by atoms with van der Waals surface area (Å²) in [6.07, 6.45) is 0. The summed E-state index contributed by atoms with van der Waals surface area (Å²) in [5.74, 6) is -1.04. The minimum Gasteiger partial charge on any atom is -0.368 e. The van der Waals surface area contributed by atoms with E-state index in [1.165, 1.54) is 0 Å². The molecule has 0 aliphatic rings. The Morgan fingerprint density at radius 2 is 1.67 bits per heavy atom. The molecule has 0 fully saturated rings. The molecule has 21 heavy (non-hydrogen) atoms. The minimum absolute atomic E-state index is 0.621. The van der Waals surface area contributed by atoms with Crippen LogP contribution < -0.4 is 5.32 Å². The van der Waals surface area contributed by atoms with Crippen LogP contribution >= 0.6 is 7.60 Å². The van der Waals surface area contributed by atoms with E-state index in [4.69, 9.17) is 0 Å². The van der Waals surface area contributed by atoms with Gasteiger partial charge in [0.2, 0.25) is 0 Å². The Morgan fingerprint density at radius 3 is 2.24 bits per heavy atom. The van der Waals surface area contributed by atoms with Gasteiger partial charge in [0.25, 0.3) is 0 Å². The van der Waals surface area contributed by atoms with Crippen LogP contribution in [0, 0.1) is 20.8 Å². The molecule has 0 amide bonds. The standard InChI is InChI=1S/C16H20NO3P/c1-11-5-4-6-14(10-11)17-16(21(18,19)20)15-8-7-12(2)9-13(15)3/h4-10,16-17H,1-3H3,(H2,18,19,20)/t16-/m1/s1. The number of hydrogen-bond donors (Lipinski definition) is 3. The van der Waals surface area contributed by atoms with Crippen LogP contribution in [0.25, 0.3) is 0 Å². The lowest BCUT2D eigenvalue weighted by Crippen LogP contribution is -2.13. The number of hydrogen-bond acceptors (Lipinski definition) is 2. The maximum Gasteiger partial charge on any atom is 0.352 e. The van der Waals surface area contributed by atoms with Crippen LogP contribution in [0.5, 0.6) is 0 Å². The maximum atomic E-state index is 11.9. The Hall–Kier alpha value is -1.61. The molecule has 0 saturated heterocycles. The van der Waals surface area contributed by atoms with Gasteiger partial charge in [-0.25, -0.2) is 0 Å². The number of rotatable bonds is 4. The van der Waals surface area contributed by atoms with Gasteiger partial charge in [0, 0.05) is 5.69 Å². The second kappa shape index (κ2) is 6.02. The number of benzene rings is 2. The molecule has 112 valence electrons. The first kappa shape index (κ1) is 15.8. The van der Waals surface area contributed by atoms with Crippen molar-refractivity contribution in [1.82, 2.24) is 0 Å². The molecular weight excluding hydrogens is 285 g/mol. The predicted octanol–water partition coefficient (Wildman–Crippen LogP) is 3.90. The Bertz CT molecular complexity index is 694. The van der Waals surface area contributed by atoms with E-state index in [-0.39, 0.29) is 0 Å². The molecular formula is C16H20NO3P. The zero-order valence-corrected chi connectivity index (χ0v) is 13.3. The summed E-state index contributed by atoms with van der Waals surface area (Å²) in [4.78, 5) is 19.4. The zero-order valence-electron chi connectivity index (χ0n) is 12.4. The smallest absolute Gasteiger partial charge is 0.352 e. The normalized spacial score (nSPS) is 13.0. The summed E-state index contributed by atoms with van der Waals surface area (Å²) in [5, 5.41) is 2.97. The van der Waals surface area contributed by atoms with Crippen molar-refractivity contribution < 1.29 is 14.4 Å². The van der Waals surface area contributed by atoms with Crippen molar-refractivity contribution in [2.75, 3.05) is 5.32 Å². The monoisotopic (exact) mass is 305 g/mol. The number of aryl methyl sites for hydroxylation is 3. The van der Waals surface area contributed by atoms with Crippen molar-refractivity contribution >= 4 is 13.3 Å². The molecule has 0 unspecified atom stereocenters. The van der Waals surface area contributed by atoms with Crippen molar-refractivity contribution in [2.45, 2.75) is 26.6 Å². The highest BCUT2D eigenvalue weighted by atomic mass is 31.2. The summed E-state index contributed by atoms with van der Waals surface area (Å²) in [6, 6.07) is 13.0. The van der Waals surface area contributed by atoms with Gasteiger partial charge >= 0.3 is 7.60 Å². The molecule has 3 N–H and O–H groups in total. The highest BCUT2D eigenvalue weighted by Crippen LogP contribution is 2.52. The molecule has 0 bridgehead atoms. The topological polar surface area (TPSA) is 69.6 Å². The van der Waals surface area contributed by atoms with Crippen molar-refractivity contribution in [3.05, 3.63) is 64.7 Å². The van der Waals surface area contributed by atoms with E-state index in [1.54, 1.807) is 12.1 Å². The van der Waals surface area contributed by atoms with E-state index < -0.39 is 13.4 Å². The highest BCUT2D eigenvalue weighted by molar-refractivity contribution is 7.52. The molecule has 0 aliphatic heterocycles. The Kier molecular flexibility index (Phi) is 4.52. The van der Waals surface area contributed by atoms with Crippen LogP contribution in [0.4, 0.5) is 5.69 Å². The SMILES string of the molecule is Cc1cccc(N[C@@H](c2ccc(C)cc2C)P(=O)(O)O)c1. The van der Waals surface area contributed by atoms with Crippen LogP contribution in [0.2, 0.25) is 0 Å². The molecule has 0 saturated carbocycles. The Balaban J connectivity index is 2.42. The molecule has 2 rings (SSSR count).